The first-order valence-electron chi connectivity index (χ1n) is 14.2. The zero-order valence-corrected chi connectivity index (χ0v) is 24.5. The molecule has 0 unspecified atom stereocenters. The average Bonchev–Trinajstić information content (AvgIpc) is 3.51. The molecule has 1 fully saturated rings. The molecule has 1 aliphatic carbocycles. The molecule has 0 atom stereocenters. The van der Waals surface area contributed by atoms with Gasteiger partial charge < -0.3 is 10.1 Å². The summed E-state index contributed by atoms with van der Waals surface area (Å²) >= 11 is 0. The zero-order chi connectivity index (χ0) is 28.8. The minimum absolute atomic E-state index is 0.00127. The smallest absolute Gasteiger partial charge is 0.328 e. The number of carbonyl (C=O) groups is 2. The van der Waals surface area contributed by atoms with Gasteiger partial charge in [0.05, 0.1) is 18.0 Å². The number of sulfonamides is 1. The number of nitrogens with one attached hydrogen (secondary N) is 2. The number of nitrogens with zero attached hydrogens (tertiary/aromatic N) is 2. The Morgan fingerprint density at radius 2 is 1.82 bits per heavy atom. The van der Waals surface area contributed by atoms with Gasteiger partial charge in [-0.2, -0.15) is 0 Å². The van der Waals surface area contributed by atoms with Crippen LogP contribution in [0, 0.1) is 0 Å². The van der Waals surface area contributed by atoms with Crippen LogP contribution in [0.3, 0.4) is 0 Å². The van der Waals surface area contributed by atoms with Gasteiger partial charge in [0.15, 0.2) is 0 Å². The minimum Gasteiger partial charge on any atom is -0.377 e. The van der Waals surface area contributed by atoms with E-state index in [-0.39, 0.29) is 17.4 Å². The van der Waals surface area contributed by atoms with Crippen LogP contribution >= 0.6 is 0 Å². The summed E-state index contributed by atoms with van der Waals surface area (Å²) in [6, 6.07) is 11.6. The van der Waals surface area contributed by atoms with Crippen LogP contribution in [0.25, 0.3) is 11.1 Å². The monoisotopic (exact) mass is 568 g/mol. The summed E-state index contributed by atoms with van der Waals surface area (Å²) in [6.45, 7) is 7.21. The highest BCUT2D eigenvalue weighted by molar-refractivity contribution is 7.90. The Labute approximate surface area is 237 Å². The minimum atomic E-state index is -4.13. The summed E-state index contributed by atoms with van der Waals surface area (Å²) in [6.07, 6.45) is 6.44. The number of carbonyl (C=O) groups excluding carboxylic acids is 2. The summed E-state index contributed by atoms with van der Waals surface area (Å²) in [5.74, 6) is 0.969. The van der Waals surface area contributed by atoms with Crippen LogP contribution in [0.1, 0.15) is 76.8 Å². The van der Waals surface area contributed by atoms with Crippen LogP contribution in [0.4, 0.5) is 4.79 Å². The van der Waals surface area contributed by atoms with Crippen LogP contribution in [-0.2, 0) is 32.7 Å². The molecule has 216 valence electrons. The fraction of sp³-hybridized carbons (Fsp3) is 0.500. The van der Waals surface area contributed by atoms with Crippen molar-refractivity contribution < 1.29 is 22.7 Å². The van der Waals surface area contributed by atoms with E-state index in [9.17, 15) is 18.0 Å². The molecule has 2 aliphatic rings. The molecule has 9 nitrogen and oxygen atoms in total. The summed E-state index contributed by atoms with van der Waals surface area (Å²) in [5, 5.41) is 2.46. The van der Waals surface area contributed by atoms with E-state index < -0.39 is 21.6 Å². The lowest BCUT2D eigenvalue weighted by Gasteiger charge is -2.23. The van der Waals surface area contributed by atoms with E-state index in [2.05, 4.69) is 17.0 Å². The summed E-state index contributed by atoms with van der Waals surface area (Å²) in [4.78, 5) is 32.5. The fourth-order valence-electron chi connectivity index (χ4n) is 5.52. The van der Waals surface area contributed by atoms with Crippen molar-refractivity contribution in [3.63, 3.8) is 0 Å². The molecule has 0 saturated heterocycles. The lowest BCUT2D eigenvalue weighted by atomic mass is 9.96. The quantitative estimate of drug-likeness (QED) is 0.368. The number of hydrogen-bond donors (Lipinski definition) is 2. The van der Waals surface area contributed by atoms with Crippen molar-refractivity contribution in [3.05, 3.63) is 53.6 Å². The van der Waals surface area contributed by atoms with Crippen LogP contribution in [-0.4, -0.2) is 49.8 Å². The van der Waals surface area contributed by atoms with Crippen molar-refractivity contribution in [2.45, 2.75) is 89.3 Å². The Hall–Kier alpha value is -3.24. The van der Waals surface area contributed by atoms with E-state index >= 15 is 0 Å². The second-order valence-electron chi connectivity index (χ2n) is 10.4. The van der Waals surface area contributed by atoms with Gasteiger partial charge in [-0.1, -0.05) is 62.6 Å². The van der Waals surface area contributed by atoms with Crippen molar-refractivity contribution in [1.29, 1.82) is 0 Å². The number of urea groups is 1. The van der Waals surface area contributed by atoms with Crippen LogP contribution in [0.2, 0.25) is 0 Å². The molecular weight excluding hydrogens is 528 g/mol. The summed E-state index contributed by atoms with van der Waals surface area (Å²) in [5.41, 5.74) is 2.28. The molecular formula is C30H40N4O5S. The molecule has 2 aromatic carbocycles. The van der Waals surface area contributed by atoms with Crippen molar-refractivity contribution in [3.8, 4) is 11.1 Å². The Bertz CT molecular complexity index is 1370. The molecule has 1 aliphatic heterocycles. The highest BCUT2D eigenvalue weighted by atomic mass is 32.2. The molecule has 2 N–H and O–H groups in total. The summed E-state index contributed by atoms with van der Waals surface area (Å²) in [7, 11) is -4.13. The van der Waals surface area contributed by atoms with E-state index in [0.29, 0.717) is 30.8 Å². The second-order valence-corrected chi connectivity index (χ2v) is 12.0. The van der Waals surface area contributed by atoms with E-state index in [1.165, 1.54) is 6.07 Å². The number of ether oxygens (including phenoxy) is 1. The van der Waals surface area contributed by atoms with Gasteiger partial charge in [0.25, 0.3) is 15.9 Å². The third kappa shape index (κ3) is 6.39. The highest BCUT2D eigenvalue weighted by Crippen LogP contribution is 2.40. The standard InChI is InChI=1S/C30H40N4O5S/c1-4-7-14-27-32-30(17-10-11-18-30)28(35)34(27)20-22-15-16-24(23(19-22)21-39-6-3)25-12-8-9-13-26(25)40(37,38)33-29(36)31-5-2/h8-9,12-13,15-16,19H,4-7,10-11,14,17-18,20-21H2,1-3H3,(H2,31,33,36). The van der Waals surface area contributed by atoms with Crippen molar-refractivity contribution in [1.82, 2.24) is 14.9 Å². The van der Waals surface area contributed by atoms with E-state index in [1.807, 2.05) is 30.0 Å². The van der Waals surface area contributed by atoms with Crippen molar-refractivity contribution in [2.24, 2.45) is 4.99 Å². The molecule has 2 aromatic rings. The van der Waals surface area contributed by atoms with Gasteiger partial charge in [0.2, 0.25) is 0 Å². The molecule has 0 bridgehead atoms. The van der Waals surface area contributed by atoms with Crippen LogP contribution in [0.15, 0.2) is 52.4 Å². The van der Waals surface area contributed by atoms with E-state index in [4.69, 9.17) is 9.73 Å². The Balaban J connectivity index is 1.68. The van der Waals surface area contributed by atoms with E-state index in [1.54, 1.807) is 25.1 Å². The highest BCUT2D eigenvalue weighted by Gasteiger charge is 2.49. The maximum absolute atomic E-state index is 13.6. The molecule has 3 amide bonds. The predicted molar refractivity (Wildman–Crippen MR) is 155 cm³/mol. The number of unbranched alkanes of at least 4 members (excludes halogenated alkanes) is 1. The number of benzene rings is 2. The number of aliphatic imine (C=N–C) groups is 1. The van der Waals surface area contributed by atoms with Gasteiger partial charge in [0, 0.05) is 25.1 Å². The molecule has 0 radical (unpaired) electrons. The SMILES string of the molecule is CCCCC1=NC2(CCCC2)C(=O)N1Cc1ccc(-c2ccccc2S(=O)(=O)NC(=O)NCC)c(COCC)c1. The number of amidine groups is 1. The third-order valence-electron chi connectivity index (χ3n) is 7.49. The maximum Gasteiger partial charge on any atom is 0.328 e. The normalized spacial score (nSPS) is 16.4. The number of rotatable bonds is 12. The molecule has 10 heteroatoms. The third-order valence-corrected chi connectivity index (χ3v) is 8.87. The second kappa shape index (κ2) is 13.0. The van der Waals surface area contributed by atoms with Gasteiger partial charge in [-0.25, -0.2) is 17.9 Å². The van der Waals surface area contributed by atoms with Crippen molar-refractivity contribution >= 4 is 27.8 Å². The average molecular weight is 569 g/mol. The van der Waals surface area contributed by atoms with Gasteiger partial charge in [-0.05, 0) is 55.9 Å². The molecule has 1 spiro atoms. The lowest BCUT2D eigenvalue weighted by Crippen LogP contribution is -2.40. The van der Waals surface area contributed by atoms with Gasteiger partial charge in [0.1, 0.15) is 11.4 Å². The molecule has 0 aromatic heterocycles. The largest absolute Gasteiger partial charge is 0.377 e. The number of amides is 3. The Morgan fingerprint density at radius 3 is 2.52 bits per heavy atom. The predicted octanol–water partition coefficient (Wildman–Crippen LogP) is 5.14. The molecule has 4 rings (SSSR count). The lowest BCUT2D eigenvalue weighted by molar-refractivity contribution is -0.131. The topological polar surface area (TPSA) is 117 Å². The van der Waals surface area contributed by atoms with Crippen molar-refractivity contribution in [2.75, 3.05) is 13.2 Å². The van der Waals surface area contributed by atoms with Gasteiger partial charge >= 0.3 is 6.03 Å². The fourth-order valence-corrected chi connectivity index (χ4v) is 6.67. The first kappa shape index (κ1) is 29.7. The maximum atomic E-state index is 13.6. The van der Waals surface area contributed by atoms with E-state index in [0.717, 1.165) is 61.9 Å². The molecule has 1 heterocycles. The number of hydrogen-bond acceptors (Lipinski definition) is 6. The Morgan fingerprint density at radius 1 is 1.07 bits per heavy atom. The van der Waals surface area contributed by atoms with Crippen LogP contribution in [0.5, 0.6) is 0 Å². The summed E-state index contributed by atoms with van der Waals surface area (Å²) < 4.78 is 34.2. The Kier molecular flexibility index (Phi) is 9.63. The molecule has 40 heavy (non-hydrogen) atoms. The first-order chi connectivity index (χ1) is 19.2. The van der Waals surface area contributed by atoms with Crippen LogP contribution < -0.4 is 10.0 Å². The van der Waals surface area contributed by atoms with Gasteiger partial charge in [-0.3, -0.25) is 14.7 Å². The first-order valence-corrected chi connectivity index (χ1v) is 15.7. The molecule has 1 saturated carbocycles. The zero-order valence-electron chi connectivity index (χ0n) is 23.7. The van der Waals surface area contributed by atoms with Gasteiger partial charge in [-0.15, -0.1) is 0 Å².